The number of hydrogen-bond acceptors (Lipinski definition) is 6. The van der Waals surface area contributed by atoms with Crippen molar-refractivity contribution in [3.05, 3.63) is 47.0 Å². The maximum absolute atomic E-state index is 13.3. The van der Waals surface area contributed by atoms with E-state index in [1.807, 2.05) is 0 Å². The van der Waals surface area contributed by atoms with Crippen molar-refractivity contribution in [1.82, 2.24) is 9.21 Å². The van der Waals surface area contributed by atoms with Gasteiger partial charge in [0.1, 0.15) is 16.4 Å². The summed E-state index contributed by atoms with van der Waals surface area (Å²) in [4.78, 5) is 26.2. The molecule has 1 saturated heterocycles. The zero-order valence-electron chi connectivity index (χ0n) is 17.5. The predicted octanol–water partition coefficient (Wildman–Crippen LogP) is 2.21. The highest BCUT2D eigenvalue weighted by atomic mass is 35.5. The van der Waals surface area contributed by atoms with Gasteiger partial charge in [0.15, 0.2) is 6.10 Å². The largest absolute Gasteiger partial charge is 0.496 e. The smallest absolute Gasteiger partial charge is 0.265 e. The van der Waals surface area contributed by atoms with E-state index in [2.05, 4.69) is 5.32 Å². The van der Waals surface area contributed by atoms with Crippen molar-refractivity contribution in [3.8, 4) is 11.5 Å². The summed E-state index contributed by atoms with van der Waals surface area (Å²) in [6.07, 6.45) is -0.747. The Morgan fingerprint density at radius 1 is 1.19 bits per heavy atom. The van der Waals surface area contributed by atoms with E-state index in [1.165, 1.54) is 23.5 Å². The zero-order chi connectivity index (χ0) is 23.0. The van der Waals surface area contributed by atoms with E-state index in [0.29, 0.717) is 17.0 Å². The predicted molar refractivity (Wildman–Crippen MR) is 118 cm³/mol. The second-order valence-corrected chi connectivity index (χ2v) is 9.74. The van der Waals surface area contributed by atoms with Gasteiger partial charge in [-0.2, -0.15) is 4.31 Å². The number of hydrogen-bond donors (Lipinski definition) is 1. The molecule has 170 valence electrons. The van der Waals surface area contributed by atoms with Crippen LogP contribution in [0.2, 0.25) is 5.02 Å². The number of ether oxygens (including phenoxy) is 2. The first-order valence-electron chi connectivity index (χ1n) is 9.96. The van der Waals surface area contributed by atoms with Crippen molar-refractivity contribution in [3.63, 3.8) is 0 Å². The molecule has 1 N–H and O–H groups in total. The summed E-state index contributed by atoms with van der Waals surface area (Å²) in [6.45, 7) is 2.25. The number of rotatable bonds is 4. The second-order valence-electron chi connectivity index (χ2n) is 7.42. The lowest BCUT2D eigenvalue weighted by atomic mass is 10.1. The van der Waals surface area contributed by atoms with E-state index < -0.39 is 16.1 Å². The van der Waals surface area contributed by atoms with Crippen LogP contribution in [0.4, 0.5) is 5.69 Å². The van der Waals surface area contributed by atoms with E-state index in [9.17, 15) is 18.0 Å². The van der Waals surface area contributed by atoms with Crippen molar-refractivity contribution in [2.24, 2.45) is 0 Å². The van der Waals surface area contributed by atoms with Crippen molar-refractivity contribution in [2.75, 3.05) is 38.6 Å². The maximum atomic E-state index is 13.3. The molecule has 2 aromatic carbocycles. The summed E-state index contributed by atoms with van der Waals surface area (Å²) < 4.78 is 38.6. The first-order valence-corrected chi connectivity index (χ1v) is 11.8. The number of nitrogens with zero attached hydrogens (tertiary/aromatic N) is 2. The van der Waals surface area contributed by atoms with Crippen molar-refractivity contribution < 1.29 is 27.5 Å². The highest BCUT2D eigenvalue weighted by Crippen LogP contribution is 2.38. The van der Waals surface area contributed by atoms with E-state index in [4.69, 9.17) is 21.1 Å². The van der Waals surface area contributed by atoms with Gasteiger partial charge in [-0.3, -0.25) is 9.59 Å². The minimum atomic E-state index is -3.94. The first kappa shape index (κ1) is 22.4. The van der Waals surface area contributed by atoms with Crippen LogP contribution in [0, 0.1) is 0 Å². The topological polar surface area (TPSA) is 105 Å². The number of anilines is 1. The molecule has 0 saturated carbocycles. The molecule has 4 rings (SSSR count). The Balaban J connectivity index is 1.52. The number of nitrogens with one attached hydrogen (secondary N) is 1. The fourth-order valence-electron chi connectivity index (χ4n) is 3.67. The summed E-state index contributed by atoms with van der Waals surface area (Å²) in [5, 5.41) is 2.62. The van der Waals surface area contributed by atoms with Crippen LogP contribution in [0.5, 0.6) is 11.5 Å². The molecule has 0 aromatic heterocycles. The molecule has 11 heteroatoms. The number of halogens is 1. The molecule has 2 amide bonds. The number of sulfonamides is 1. The van der Waals surface area contributed by atoms with Gasteiger partial charge in [0.05, 0.1) is 23.4 Å². The first-order chi connectivity index (χ1) is 15.2. The van der Waals surface area contributed by atoms with Crippen LogP contribution in [0.15, 0.2) is 41.3 Å². The number of benzene rings is 2. The Morgan fingerprint density at radius 2 is 1.88 bits per heavy atom. The van der Waals surface area contributed by atoms with Gasteiger partial charge in [0, 0.05) is 32.2 Å². The Bertz CT molecular complexity index is 1180. The monoisotopic (exact) mass is 479 g/mol. The molecule has 1 atom stereocenters. The van der Waals surface area contributed by atoms with Gasteiger partial charge in [0.25, 0.3) is 11.8 Å². The standard InChI is InChI=1S/C21H22ClN3O6S/c1-13-20(26)23-16-11-15(22)19(12-18(16)31-13)32(28,29)25-9-7-24(8-10-25)21(27)14-5-3-4-6-17(14)30-2/h3-6,11-13H,7-10H2,1-2H3,(H,23,26)/t13-/m0/s1. The fraction of sp³-hybridized carbons (Fsp3) is 0.333. The van der Waals surface area contributed by atoms with Crippen molar-refractivity contribution >= 4 is 39.1 Å². The number of piperazine rings is 1. The molecule has 0 bridgehead atoms. The average Bonchev–Trinajstić information content (AvgIpc) is 2.79. The van der Waals surface area contributed by atoms with Gasteiger partial charge in [-0.05, 0) is 25.1 Å². The van der Waals surface area contributed by atoms with E-state index in [0.717, 1.165) is 0 Å². The van der Waals surface area contributed by atoms with Crippen molar-refractivity contribution in [1.29, 1.82) is 0 Å². The molecule has 0 spiro atoms. The van der Waals surface area contributed by atoms with E-state index >= 15 is 0 Å². The molecule has 32 heavy (non-hydrogen) atoms. The molecule has 2 aliphatic rings. The highest BCUT2D eigenvalue weighted by molar-refractivity contribution is 7.89. The van der Waals surface area contributed by atoms with Gasteiger partial charge in [-0.1, -0.05) is 23.7 Å². The normalized spacial score (nSPS) is 19.0. The molecular weight excluding hydrogens is 458 g/mol. The van der Waals surface area contributed by atoms with Crippen LogP contribution in [-0.4, -0.2) is 68.8 Å². The molecular formula is C21H22ClN3O6S. The number of carbonyl (C=O) groups excluding carboxylic acids is 2. The second kappa shape index (κ2) is 8.61. The van der Waals surface area contributed by atoms with Gasteiger partial charge < -0.3 is 19.7 Å². The van der Waals surface area contributed by atoms with Crippen LogP contribution in [-0.2, 0) is 14.8 Å². The van der Waals surface area contributed by atoms with E-state index in [-0.39, 0.29) is 53.7 Å². The average molecular weight is 480 g/mol. The molecule has 2 aliphatic heterocycles. The van der Waals surface area contributed by atoms with Crippen LogP contribution in [0.3, 0.4) is 0 Å². The van der Waals surface area contributed by atoms with Gasteiger partial charge >= 0.3 is 0 Å². The Kier molecular flexibility index (Phi) is 6.02. The third-order valence-electron chi connectivity index (χ3n) is 5.45. The minimum Gasteiger partial charge on any atom is -0.496 e. The molecule has 2 heterocycles. The summed E-state index contributed by atoms with van der Waals surface area (Å²) >= 11 is 6.25. The molecule has 0 aliphatic carbocycles. The number of amides is 2. The lowest BCUT2D eigenvalue weighted by Crippen LogP contribution is -2.50. The summed E-state index contributed by atoms with van der Waals surface area (Å²) in [7, 11) is -2.44. The lowest BCUT2D eigenvalue weighted by Gasteiger charge is -2.34. The van der Waals surface area contributed by atoms with Gasteiger partial charge in [-0.25, -0.2) is 8.42 Å². The summed E-state index contributed by atoms with van der Waals surface area (Å²) in [5.41, 5.74) is 0.752. The third kappa shape index (κ3) is 4.01. The Morgan fingerprint density at radius 3 is 2.56 bits per heavy atom. The molecule has 0 unspecified atom stereocenters. The highest BCUT2D eigenvalue weighted by Gasteiger charge is 2.34. The number of methoxy groups -OCH3 is 1. The Labute approximate surface area is 190 Å². The van der Waals surface area contributed by atoms with Crippen LogP contribution in [0.1, 0.15) is 17.3 Å². The molecule has 9 nitrogen and oxygen atoms in total. The number of carbonyl (C=O) groups is 2. The SMILES string of the molecule is COc1ccccc1C(=O)N1CCN(S(=O)(=O)c2cc3c(cc2Cl)NC(=O)[C@H](C)O3)CC1. The third-order valence-corrected chi connectivity index (χ3v) is 7.81. The zero-order valence-corrected chi connectivity index (χ0v) is 19.1. The summed E-state index contributed by atoms with van der Waals surface area (Å²) in [5.74, 6) is 0.157. The maximum Gasteiger partial charge on any atom is 0.265 e. The van der Waals surface area contributed by atoms with Gasteiger partial charge in [-0.15, -0.1) is 0 Å². The Hall–Kier alpha value is -2.82. The van der Waals surface area contributed by atoms with Crippen molar-refractivity contribution in [2.45, 2.75) is 17.9 Å². The van der Waals surface area contributed by atoms with E-state index in [1.54, 1.807) is 36.1 Å². The molecule has 0 radical (unpaired) electrons. The lowest BCUT2D eigenvalue weighted by molar-refractivity contribution is -0.122. The molecule has 1 fully saturated rings. The summed E-state index contributed by atoms with van der Waals surface area (Å²) in [6, 6.07) is 9.61. The van der Waals surface area contributed by atoms with Crippen LogP contribution >= 0.6 is 11.6 Å². The molecule has 2 aromatic rings. The van der Waals surface area contributed by atoms with Gasteiger partial charge in [0.2, 0.25) is 10.0 Å². The van der Waals surface area contributed by atoms with Crippen LogP contribution < -0.4 is 14.8 Å². The number of fused-ring (bicyclic) bond motifs is 1. The number of para-hydroxylation sites is 1. The quantitative estimate of drug-likeness (QED) is 0.720. The minimum absolute atomic E-state index is 0.0188. The van der Waals surface area contributed by atoms with Crippen LogP contribution in [0.25, 0.3) is 0 Å². The fourth-order valence-corrected chi connectivity index (χ4v) is 5.61.